The minimum atomic E-state index is -0.512. The molecule has 0 aliphatic rings. The van der Waals surface area contributed by atoms with Gasteiger partial charge in [0.25, 0.3) is 5.89 Å². The average molecular weight is 299 g/mol. The average Bonchev–Trinajstić information content (AvgIpc) is 3.23. The molecule has 0 bridgehead atoms. The van der Waals surface area contributed by atoms with Crippen molar-refractivity contribution < 1.29 is 14.1 Å². The van der Waals surface area contributed by atoms with Crippen LogP contribution in [0.2, 0.25) is 0 Å². The number of rotatable bonds is 4. The number of hydrogen-bond donors (Lipinski definition) is 0. The van der Waals surface area contributed by atoms with E-state index in [-0.39, 0.29) is 5.69 Å². The maximum atomic E-state index is 11.5. The molecule has 3 aromatic heterocycles. The lowest BCUT2D eigenvalue weighted by atomic mass is 10.2. The summed E-state index contributed by atoms with van der Waals surface area (Å²) in [5, 5.41) is 3.88. The summed E-state index contributed by atoms with van der Waals surface area (Å²) in [6, 6.07) is 3.58. The van der Waals surface area contributed by atoms with Crippen LogP contribution in [0.5, 0.6) is 0 Å². The molecule has 112 valence electrons. The standard InChI is InChI=1S/C14H13N5O3/c1-3-11-17-13(22-18-11)9-5-4-6-15-12(9)19-7-10(16-8-19)14(20)21-2/h4-8H,3H2,1-2H3. The second-order valence-corrected chi connectivity index (χ2v) is 4.40. The van der Waals surface area contributed by atoms with Crippen LogP contribution in [0.1, 0.15) is 23.2 Å². The fraction of sp³-hybridized carbons (Fsp3) is 0.214. The van der Waals surface area contributed by atoms with Crippen molar-refractivity contribution in [1.82, 2.24) is 24.7 Å². The van der Waals surface area contributed by atoms with E-state index in [0.717, 1.165) is 0 Å². The number of aromatic nitrogens is 5. The van der Waals surface area contributed by atoms with Crippen LogP contribution < -0.4 is 0 Å². The molecule has 0 saturated heterocycles. The van der Waals surface area contributed by atoms with Crippen molar-refractivity contribution in [3.63, 3.8) is 0 Å². The molecule has 0 aliphatic carbocycles. The number of carbonyl (C=O) groups excluding carboxylic acids is 1. The van der Waals surface area contributed by atoms with Gasteiger partial charge in [-0.25, -0.2) is 14.8 Å². The number of imidazole rings is 1. The molecule has 0 radical (unpaired) electrons. The van der Waals surface area contributed by atoms with E-state index in [9.17, 15) is 4.79 Å². The van der Waals surface area contributed by atoms with Gasteiger partial charge in [0.05, 0.1) is 12.7 Å². The third kappa shape index (κ3) is 2.46. The van der Waals surface area contributed by atoms with Gasteiger partial charge in [-0.1, -0.05) is 12.1 Å². The first-order valence-electron chi connectivity index (χ1n) is 6.63. The number of ether oxygens (including phenoxy) is 1. The fourth-order valence-electron chi connectivity index (χ4n) is 1.93. The second kappa shape index (κ2) is 5.76. The largest absolute Gasteiger partial charge is 0.464 e. The van der Waals surface area contributed by atoms with Crippen LogP contribution >= 0.6 is 0 Å². The van der Waals surface area contributed by atoms with Gasteiger partial charge in [0.15, 0.2) is 17.3 Å². The summed E-state index contributed by atoms with van der Waals surface area (Å²) in [6.07, 6.45) is 5.33. The molecule has 22 heavy (non-hydrogen) atoms. The van der Waals surface area contributed by atoms with Gasteiger partial charge in [-0.2, -0.15) is 4.98 Å². The highest BCUT2D eigenvalue weighted by molar-refractivity contribution is 5.87. The zero-order valence-electron chi connectivity index (χ0n) is 12.1. The number of nitrogens with zero attached hydrogens (tertiary/aromatic N) is 5. The molecule has 3 heterocycles. The Hall–Kier alpha value is -3.03. The van der Waals surface area contributed by atoms with E-state index in [2.05, 4.69) is 24.8 Å². The van der Waals surface area contributed by atoms with Crippen molar-refractivity contribution in [2.75, 3.05) is 7.11 Å². The Labute approximate surface area is 125 Å². The van der Waals surface area contributed by atoms with Crippen LogP contribution in [0.3, 0.4) is 0 Å². The van der Waals surface area contributed by atoms with Crippen molar-refractivity contribution in [2.24, 2.45) is 0 Å². The van der Waals surface area contributed by atoms with E-state index in [4.69, 9.17) is 4.52 Å². The summed E-state index contributed by atoms with van der Waals surface area (Å²) in [5.41, 5.74) is 0.849. The van der Waals surface area contributed by atoms with E-state index in [1.807, 2.05) is 13.0 Å². The number of pyridine rings is 1. The van der Waals surface area contributed by atoms with Gasteiger partial charge in [0.2, 0.25) is 0 Å². The zero-order chi connectivity index (χ0) is 15.5. The van der Waals surface area contributed by atoms with Gasteiger partial charge in [0, 0.05) is 18.8 Å². The highest BCUT2D eigenvalue weighted by atomic mass is 16.5. The summed E-state index contributed by atoms with van der Waals surface area (Å²) >= 11 is 0. The van der Waals surface area contributed by atoms with Crippen molar-refractivity contribution in [3.8, 4) is 17.3 Å². The van der Waals surface area contributed by atoms with Crippen LogP contribution in [0.4, 0.5) is 0 Å². The summed E-state index contributed by atoms with van der Waals surface area (Å²) in [5.74, 6) is 1.01. The third-order valence-corrected chi connectivity index (χ3v) is 3.02. The van der Waals surface area contributed by atoms with Gasteiger partial charge in [0.1, 0.15) is 6.33 Å². The molecule has 8 heteroatoms. The molecule has 0 aliphatic heterocycles. The Morgan fingerprint density at radius 2 is 2.27 bits per heavy atom. The van der Waals surface area contributed by atoms with Crippen molar-refractivity contribution >= 4 is 5.97 Å². The first-order valence-corrected chi connectivity index (χ1v) is 6.63. The van der Waals surface area contributed by atoms with Crippen LogP contribution in [-0.4, -0.2) is 37.8 Å². The van der Waals surface area contributed by atoms with E-state index in [1.165, 1.54) is 19.6 Å². The Bertz CT molecular complexity index is 808. The molecule has 0 amide bonds. The topological polar surface area (TPSA) is 95.9 Å². The highest BCUT2D eigenvalue weighted by Crippen LogP contribution is 2.23. The molecular formula is C14H13N5O3. The predicted molar refractivity (Wildman–Crippen MR) is 75.4 cm³/mol. The Morgan fingerprint density at radius 1 is 1.41 bits per heavy atom. The molecule has 0 N–H and O–H groups in total. The molecule has 0 fully saturated rings. The Morgan fingerprint density at radius 3 is 3.00 bits per heavy atom. The quantitative estimate of drug-likeness (QED) is 0.676. The summed E-state index contributed by atoms with van der Waals surface area (Å²) in [4.78, 5) is 24.1. The first-order chi connectivity index (χ1) is 10.7. The molecular weight excluding hydrogens is 286 g/mol. The smallest absolute Gasteiger partial charge is 0.358 e. The van der Waals surface area contributed by atoms with Crippen LogP contribution in [0.25, 0.3) is 17.3 Å². The number of aryl methyl sites for hydroxylation is 1. The Balaban J connectivity index is 2.04. The fourth-order valence-corrected chi connectivity index (χ4v) is 1.93. The zero-order valence-corrected chi connectivity index (χ0v) is 12.1. The highest BCUT2D eigenvalue weighted by Gasteiger charge is 2.16. The molecule has 0 saturated carbocycles. The maximum absolute atomic E-state index is 11.5. The van der Waals surface area contributed by atoms with Crippen molar-refractivity contribution in [1.29, 1.82) is 0 Å². The first kappa shape index (κ1) is 13.9. The van der Waals surface area contributed by atoms with Gasteiger partial charge in [-0.15, -0.1) is 0 Å². The summed E-state index contributed by atoms with van der Waals surface area (Å²) in [7, 11) is 1.30. The van der Waals surface area contributed by atoms with E-state index < -0.39 is 5.97 Å². The SMILES string of the molecule is CCc1noc(-c2cccnc2-n2cnc(C(=O)OC)c2)n1. The van der Waals surface area contributed by atoms with Crippen molar-refractivity contribution in [3.05, 3.63) is 42.4 Å². The van der Waals surface area contributed by atoms with E-state index in [1.54, 1.807) is 16.8 Å². The van der Waals surface area contributed by atoms with E-state index >= 15 is 0 Å². The number of esters is 1. The third-order valence-electron chi connectivity index (χ3n) is 3.02. The molecule has 0 unspecified atom stereocenters. The van der Waals surface area contributed by atoms with Gasteiger partial charge >= 0.3 is 5.97 Å². The summed E-state index contributed by atoms with van der Waals surface area (Å²) < 4.78 is 11.5. The lowest BCUT2D eigenvalue weighted by Gasteiger charge is -2.04. The van der Waals surface area contributed by atoms with Gasteiger partial charge < -0.3 is 9.26 Å². The van der Waals surface area contributed by atoms with Crippen LogP contribution in [-0.2, 0) is 11.2 Å². The van der Waals surface area contributed by atoms with E-state index in [0.29, 0.717) is 29.5 Å². The van der Waals surface area contributed by atoms with Gasteiger partial charge in [-0.05, 0) is 12.1 Å². The normalized spacial score (nSPS) is 10.6. The van der Waals surface area contributed by atoms with Gasteiger partial charge in [-0.3, -0.25) is 4.57 Å². The lowest BCUT2D eigenvalue weighted by Crippen LogP contribution is -2.01. The minimum Gasteiger partial charge on any atom is -0.464 e. The predicted octanol–water partition coefficient (Wildman–Crippen LogP) is 1.67. The van der Waals surface area contributed by atoms with Crippen LogP contribution in [0, 0.1) is 0 Å². The summed E-state index contributed by atoms with van der Waals surface area (Å²) in [6.45, 7) is 1.94. The van der Waals surface area contributed by atoms with Crippen LogP contribution in [0.15, 0.2) is 35.4 Å². The minimum absolute atomic E-state index is 0.193. The molecule has 3 aromatic rings. The maximum Gasteiger partial charge on any atom is 0.358 e. The lowest BCUT2D eigenvalue weighted by molar-refractivity contribution is 0.0594. The molecule has 0 atom stereocenters. The molecule has 8 nitrogen and oxygen atoms in total. The number of hydrogen-bond acceptors (Lipinski definition) is 7. The Kier molecular flexibility index (Phi) is 3.65. The molecule has 3 rings (SSSR count). The second-order valence-electron chi connectivity index (χ2n) is 4.40. The van der Waals surface area contributed by atoms with Crippen molar-refractivity contribution in [2.45, 2.75) is 13.3 Å². The molecule has 0 spiro atoms. The molecule has 0 aromatic carbocycles. The number of carbonyl (C=O) groups is 1. The monoisotopic (exact) mass is 299 g/mol. The number of methoxy groups -OCH3 is 1.